The number of nitrogens with zero attached hydrogens (tertiary/aromatic N) is 2. The van der Waals surface area contributed by atoms with E-state index in [9.17, 15) is 4.79 Å². The third kappa shape index (κ3) is 3.06. The molecule has 21 heavy (non-hydrogen) atoms. The van der Waals surface area contributed by atoms with Crippen LogP contribution in [0.3, 0.4) is 0 Å². The first-order valence-corrected chi connectivity index (χ1v) is 8.82. The van der Waals surface area contributed by atoms with Gasteiger partial charge in [0.25, 0.3) is 0 Å². The number of hydrogen-bond donors (Lipinski definition) is 1. The molecule has 0 radical (unpaired) electrons. The van der Waals surface area contributed by atoms with Crippen molar-refractivity contribution in [3.8, 4) is 0 Å². The van der Waals surface area contributed by atoms with Gasteiger partial charge in [0.05, 0.1) is 6.54 Å². The molecule has 2 N–H and O–H groups in total. The zero-order valence-electron chi connectivity index (χ0n) is 11.5. The van der Waals surface area contributed by atoms with E-state index in [0.717, 1.165) is 26.8 Å². The van der Waals surface area contributed by atoms with Crippen LogP contribution < -0.4 is 10.6 Å². The molecule has 1 heterocycles. The molecule has 0 spiro atoms. The van der Waals surface area contributed by atoms with E-state index in [-0.39, 0.29) is 5.78 Å². The maximum absolute atomic E-state index is 12.5. The summed E-state index contributed by atoms with van der Waals surface area (Å²) in [5.41, 5.74) is 1.98. The summed E-state index contributed by atoms with van der Waals surface area (Å²) in [6, 6.07) is 7.66. The van der Waals surface area contributed by atoms with Crippen LogP contribution in [-0.2, 0) is 19.4 Å². The van der Waals surface area contributed by atoms with Crippen LogP contribution in [-0.4, -0.2) is 10.4 Å². The fraction of sp³-hybridized carbons (Fsp3) is 0.333. The lowest BCUT2D eigenvalue weighted by Crippen LogP contribution is -2.24. The van der Waals surface area contributed by atoms with Crippen molar-refractivity contribution in [2.75, 3.05) is 0 Å². The second-order valence-electron chi connectivity index (χ2n) is 5.11. The van der Waals surface area contributed by atoms with Crippen LogP contribution in [0.25, 0.3) is 0 Å². The van der Waals surface area contributed by atoms with Crippen molar-refractivity contribution in [3.63, 3.8) is 0 Å². The van der Waals surface area contributed by atoms with E-state index in [0.29, 0.717) is 6.54 Å². The van der Waals surface area contributed by atoms with Crippen LogP contribution in [0.1, 0.15) is 33.8 Å². The Morgan fingerprint density at radius 1 is 1.29 bits per heavy atom. The van der Waals surface area contributed by atoms with E-state index in [1.807, 2.05) is 28.8 Å². The highest BCUT2D eigenvalue weighted by atomic mass is 127. The Morgan fingerprint density at radius 3 is 2.71 bits per heavy atom. The Labute approximate surface area is 140 Å². The third-order valence-electron chi connectivity index (χ3n) is 3.74. The molecule has 1 aliphatic carbocycles. The number of nitrogens with two attached hydrogens (primary N) is 1. The van der Waals surface area contributed by atoms with Gasteiger partial charge in [-0.25, -0.2) is 0 Å². The summed E-state index contributed by atoms with van der Waals surface area (Å²) in [7, 11) is 0. The van der Waals surface area contributed by atoms with E-state index in [1.54, 1.807) is 11.3 Å². The summed E-state index contributed by atoms with van der Waals surface area (Å²) >= 11 is 3.86. The van der Waals surface area contributed by atoms with E-state index in [2.05, 4.69) is 27.7 Å². The molecule has 0 atom stereocenters. The number of rotatable bonds is 3. The zero-order valence-corrected chi connectivity index (χ0v) is 14.5. The predicted octanol–water partition coefficient (Wildman–Crippen LogP) is 2.69. The summed E-state index contributed by atoms with van der Waals surface area (Å²) in [5.74, 6) is 5.60. The smallest absolute Gasteiger partial charge is 0.208 e. The summed E-state index contributed by atoms with van der Waals surface area (Å²) in [6.45, 7) is 0.322. The highest BCUT2D eigenvalue weighted by molar-refractivity contribution is 14.1. The highest BCUT2D eigenvalue weighted by Crippen LogP contribution is 2.23. The van der Waals surface area contributed by atoms with E-state index >= 15 is 0 Å². The summed E-state index contributed by atoms with van der Waals surface area (Å²) in [6.07, 6.45) is 4.47. The maximum atomic E-state index is 12.5. The number of carbonyl (C=O) groups is 1. The minimum Gasteiger partial charge on any atom is -0.320 e. The number of aryl methyl sites for hydroxylation is 1. The average molecular weight is 413 g/mol. The molecule has 2 aromatic rings. The molecule has 0 fully saturated rings. The van der Waals surface area contributed by atoms with Crippen molar-refractivity contribution in [1.29, 1.82) is 0 Å². The minimum atomic E-state index is 0.104. The Kier molecular flexibility index (Phi) is 4.44. The lowest BCUT2D eigenvalue weighted by Gasteiger charge is -2.14. The first kappa shape index (κ1) is 14.8. The molecule has 110 valence electrons. The van der Waals surface area contributed by atoms with Gasteiger partial charge in [-0.3, -0.25) is 4.79 Å². The predicted molar refractivity (Wildman–Crippen MR) is 92.2 cm³/mol. The summed E-state index contributed by atoms with van der Waals surface area (Å²) in [5, 5.41) is 3.86. The van der Waals surface area contributed by atoms with Gasteiger partial charge in [-0.05, 0) is 60.4 Å². The van der Waals surface area contributed by atoms with Crippen LogP contribution in [0.15, 0.2) is 29.4 Å². The largest absolute Gasteiger partial charge is 0.320 e. The van der Waals surface area contributed by atoms with Gasteiger partial charge in [-0.2, -0.15) is 5.10 Å². The molecule has 4 nitrogen and oxygen atoms in total. The van der Waals surface area contributed by atoms with E-state index in [1.165, 1.54) is 23.4 Å². The number of carbonyl (C=O) groups excluding carboxylic acids is 1. The van der Waals surface area contributed by atoms with Crippen molar-refractivity contribution in [1.82, 2.24) is 4.57 Å². The van der Waals surface area contributed by atoms with Crippen molar-refractivity contribution in [3.05, 3.63) is 48.8 Å². The van der Waals surface area contributed by atoms with Gasteiger partial charge in [-0.15, -0.1) is 0 Å². The molecule has 1 aromatic carbocycles. The lowest BCUT2D eigenvalue weighted by atomic mass is 10.0. The molecule has 0 saturated heterocycles. The number of fused-ring (bicyclic) bond motifs is 1. The molecule has 1 aromatic heterocycles. The topological polar surface area (TPSA) is 60.4 Å². The van der Waals surface area contributed by atoms with Crippen molar-refractivity contribution >= 4 is 39.7 Å². The monoisotopic (exact) mass is 413 g/mol. The number of halogens is 1. The molecule has 0 saturated carbocycles. The van der Waals surface area contributed by atoms with Crippen molar-refractivity contribution < 1.29 is 4.79 Å². The Bertz CT molecular complexity index is 730. The molecule has 0 aliphatic heterocycles. The number of thiazole rings is 1. The van der Waals surface area contributed by atoms with Crippen LogP contribution in [0.5, 0.6) is 0 Å². The highest BCUT2D eigenvalue weighted by Gasteiger charge is 2.19. The Balaban J connectivity index is 1.92. The Hall–Kier alpha value is -1.15. The number of aromatic nitrogens is 1. The zero-order chi connectivity index (χ0) is 14.8. The van der Waals surface area contributed by atoms with Gasteiger partial charge >= 0.3 is 0 Å². The molecule has 1 aliphatic rings. The molecule has 3 rings (SSSR count). The number of ketones is 1. The van der Waals surface area contributed by atoms with Gasteiger partial charge in [0.15, 0.2) is 5.78 Å². The summed E-state index contributed by atoms with van der Waals surface area (Å²) in [4.78, 5) is 14.6. The third-order valence-corrected chi connectivity index (χ3v) is 5.65. The van der Waals surface area contributed by atoms with Gasteiger partial charge in [0.2, 0.25) is 4.80 Å². The van der Waals surface area contributed by atoms with Crippen molar-refractivity contribution in [2.45, 2.75) is 32.2 Å². The minimum absolute atomic E-state index is 0.104. The molecule has 0 amide bonds. The number of benzene rings is 1. The SMILES string of the molecule is NN=c1sc2c(n1CC(=O)c1ccc(I)cc1)CCCC2. The lowest BCUT2D eigenvalue weighted by molar-refractivity contribution is 0.0970. The average Bonchev–Trinajstić information content (AvgIpc) is 2.86. The van der Waals surface area contributed by atoms with Gasteiger partial charge in [0.1, 0.15) is 0 Å². The van der Waals surface area contributed by atoms with E-state index < -0.39 is 0 Å². The molecule has 0 unspecified atom stereocenters. The number of Topliss-reactive ketones (excluding diaryl/α,β-unsaturated/α-hetero) is 1. The standard InChI is InChI=1S/C15H16IN3OS/c16-11-7-5-10(6-8-11)13(20)9-19-12-3-1-2-4-14(12)21-15(19)18-17/h5-8H,1-4,9,17H2. The van der Waals surface area contributed by atoms with E-state index in [4.69, 9.17) is 5.84 Å². The summed E-state index contributed by atoms with van der Waals surface area (Å²) < 4.78 is 3.13. The van der Waals surface area contributed by atoms with Gasteiger partial charge < -0.3 is 10.4 Å². The normalized spacial score (nSPS) is 15.0. The van der Waals surface area contributed by atoms with Crippen LogP contribution in [0.2, 0.25) is 0 Å². The van der Waals surface area contributed by atoms with Gasteiger partial charge in [-0.1, -0.05) is 23.5 Å². The molecule has 6 heteroatoms. The fourth-order valence-electron chi connectivity index (χ4n) is 2.67. The molecular weight excluding hydrogens is 397 g/mol. The van der Waals surface area contributed by atoms with Gasteiger partial charge in [0, 0.05) is 19.7 Å². The molecule has 0 bridgehead atoms. The second kappa shape index (κ2) is 6.31. The fourth-order valence-corrected chi connectivity index (χ4v) is 4.16. The van der Waals surface area contributed by atoms with Crippen LogP contribution >= 0.6 is 33.9 Å². The first-order valence-electron chi connectivity index (χ1n) is 6.93. The quantitative estimate of drug-likeness (QED) is 0.364. The van der Waals surface area contributed by atoms with Crippen LogP contribution in [0.4, 0.5) is 0 Å². The van der Waals surface area contributed by atoms with Crippen LogP contribution in [0, 0.1) is 3.57 Å². The van der Waals surface area contributed by atoms with Crippen molar-refractivity contribution in [2.24, 2.45) is 10.9 Å². The number of hydrogen-bond acceptors (Lipinski definition) is 4. The Morgan fingerprint density at radius 2 is 2.00 bits per heavy atom. The molecular formula is C15H16IN3OS. The first-order chi connectivity index (χ1) is 10.2. The maximum Gasteiger partial charge on any atom is 0.208 e. The second-order valence-corrected chi connectivity index (χ2v) is 7.41.